The number of imide groups is 2. The molecular weight excluding hydrogens is 852 g/mol. The van der Waals surface area contributed by atoms with Crippen LogP contribution in [0.5, 0.6) is 0 Å². The topological polar surface area (TPSA) is 210 Å². The summed E-state index contributed by atoms with van der Waals surface area (Å²) in [6, 6.07) is 10.8. The summed E-state index contributed by atoms with van der Waals surface area (Å²) in [5, 5.41) is 17.7. The lowest BCUT2D eigenvalue weighted by molar-refractivity contribution is -0.137. The molecular formula is C43H47ClN10O8S. The van der Waals surface area contributed by atoms with Crippen molar-refractivity contribution in [2.75, 3.05) is 64.5 Å². The van der Waals surface area contributed by atoms with Gasteiger partial charge in [0, 0.05) is 65.9 Å². The van der Waals surface area contributed by atoms with Crippen LogP contribution in [0, 0.1) is 20.8 Å². The van der Waals surface area contributed by atoms with Crippen molar-refractivity contribution in [1.29, 1.82) is 0 Å². The van der Waals surface area contributed by atoms with Crippen LogP contribution in [0.15, 0.2) is 47.5 Å². The van der Waals surface area contributed by atoms with E-state index in [-0.39, 0.29) is 75.1 Å². The van der Waals surface area contributed by atoms with E-state index < -0.39 is 35.7 Å². The van der Waals surface area contributed by atoms with Gasteiger partial charge in [-0.3, -0.25) is 54.0 Å². The minimum absolute atomic E-state index is 0.0449. The summed E-state index contributed by atoms with van der Waals surface area (Å²) in [7, 11) is 0. The maximum atomic E-state index is 13.8. The Kier molecular flexibility index (Phi) is 13.1. The Bertz CT molecular complexity index is 2500. The maximum Gasteiger partial charge on any atom is 0.264 e. The number of piperidine rings is 1. The number of nitrogens with zero attached hydrogens (tertiary/aromatic N) is 7. The molecule has 20 heteroatoms. The summed E-state index contributed by atoms with van der Waals surface area (Å²) in [5.41, 5.74) is 7.54. The van der Waals surface area contributed by atoms with Gasteiger partial charge in [-0.15, -0.1) is 21.5 Å². The minimum Gasteiger partial charge on any atom is -0.382 e. The summed E-state index contributed by atoms with van der Waals surface area (Å²) < 4.78 is 13.3. The van der Waals surface area contributed by atoms with Gasteiger partial charge >= 0.3 is 0 Å². The summed E-state index contributed by atoms with van der Waals surface area (Å²) in [6.45, 7) is 9.20. The van der Waals surface area contributed by atoms with Gasteiger partial charge in [0.1, 0.15) is 22.9 Å². The van der Waals surface area contributed by atoms with E-state index in [1.807, 2.05) is 40.8 Å². The summed E-state index contributed by atoms with van der Waals surface area (Å²) >= 11 is 7.90. The number of aryl methyl sites for hydroxylation is 2. The molecule has 1 unspecified atom stereocenters. The lowest BCUT2D eigenvalue weighted by Gasteiger charge is -2.35. The van der Waals surface area contributed by atoms with E-state index in [4.69, 9.17) is 26.1 Å². The lowest BCUT2D eigenvalue weighted by Crippen LogP contribution is -2.55. The molecule has 0 saturated carbocycles. The highest BCUT2D eigenvalue weighted by Crippen LogP contribution is 2.40. The van der Waals surface area contributed by atoms with Gasteiger partial charge in [0.05, 0.1) is 56.1 Å². The van der Waals surface area contributed by atoms with E-state index >= 15 is 0 Å². The third-order valence-corrected chi connectivity index (χ3v) is 13.0. The number of rotatable bonds is 15. The number of thiophene rings is 1. The number of ether oxygens (including phenoxy) is 2. The number of carbonyl (C=O) groups is 6. The highest BCUT2D eigenvalue weighted by molar-refractivity contribution is 7.15. The number of aliphatic imine (C=N–C) groups is 1. The Morgan fingerprint density at radius 1 is 0.905 bits per heavy atom. The summed E-state index contributed by atoms with van der Waals surface area (Å²) in [4.78, 5) is 86.0. The Labute approximate surface area is 371 Å². The molecule has 4 aliphatic rings. The number of amides is 6. The molecule has 2 aromatic carbocycles. The fourth-order valence-electron chi connectivity index (χ4n) is 8.13. The fraction of sp³-hybridized carbons (Fsp3) is 0.419. The molecule has 2 fully saturated rings. The van der Waals surface area contributed by atoms with Gasteiger partial charge in [-0.2, -0.15) is 0 Å². The number of halogens is 1. The van der Waals surface area contributed by atoms with E-state index in [2.05, 4.69) is 40.1 Å². The Morgan fingerprint density at radius 2 is 1.65 bits per heavy atom. The summed E-state index contributed by atoms with van der Waals surface area (Å²) in [6.07, 6.45) is 0.375. The Morgan fingerprint density at radius 3 is 2.40 bits per heavy atom. The first kappa shape index (κ1) is 43.8. The third-order valence-electron chi connectivity index (χ3n) is 11.5. The van der Waals surface area contributed by atoms with E-state index in [0.29, 0.717) is 49.3 Å². The molecule has 330 valence electrons. The second-order valence-corrected chi connectivity index (χ2v) is 17.2. The van der Waals surface area contributed by atoms with Gasteiger partial charge in [0.2, 0.25) is 23.6 Å². The van der Waals surface area contributed by atoms with Crippen molar-refractivity contribution in [2.24, 2.45) is 4.99 Å². The first-order chi connectivity index (χ1) is 30.4. The van der Waals surface area contributed by atoms with Crippen LogP contribution in [-0.2, 0) is 28.7 Å². The van der Waals surface area contributed by atoms with Crippen molar-refractivity contribution in [3.05, 3.63) is 91.8 Å². The number of carbonyl (C=O) groups excluding carboxylic acids is 6. The average molecular weight is 899 g/mol. The number of piperazine rings is 1. The molecule has 3 N–H and O–H groups in total. The predicted octanol–water partition coefficient (Wildman–Crippen LogP) is 3.30. The second-order valence-electron chi connectivity index (χ2n) is 15.6. The van der Waals surface area contributed by atoms with Crippen molar-refractivity contribution in [3.63, 3.8) is 0 Å². The SMILES string of the molecule is Cc1sc2c(c1C)C(c1ccc(Cl)cc1)=N[C@@H](CC(=O)N1CCN(NC(=O)CCOCCOCCNc3cccc4c3C(=O)N(C3CCC(=O)NC3=O)C4=O)CC1)c1nnc(C)n1-2. The number of hydrazine groups is 1. The Hall–Kier alpha value is -5.86. The first-order valence-corrected chi connectivity index (χ1v) is 22.0. The van der Waals surface area contributed by atoms with Crippen LogP contribution in [-0.4, -0.2) is 136 Å². The van der Waals surface area contributed by atoms with E-state index in [1.165, 1.54) is 10.9 Å². The molecule has 8 rings (SSSR count). The molecule has 2 atom stereocenters. The normalized spacial score (nSPS) is 18.7. The number of hydrogen-bond donors (Lipinski definition) is 3. The largest absolute Gasteiger partial charge is 0.382 e. The molecule has 0 radical (unpaired) electrons. The van der Waals surface area contributed by atoms with Crippen molar-refractivity contribution in [2.45, 2.75) is 58.5 Å². The number of hydrogen-bond acceptors (Lipinski definition) is 14. The molecule has 63 heavy (non-hydrogen) atoms. The molecule has 18 nitrogen and oxygen atoms in total. The quantitative estimate of drug-likeness (QED) is 0.116. The third kappa shape index (κ3) is 9.15. The van der Waals surface area contributed by atoms with Crippen molar-refractivity contribution < 1.29 is 38.2 Å². The standard InChI is InChI=1S/C43H47ClN10O8S/c1-24-25(2)63-43-36(24)38(27-7-9-28(44)10-8-27)46-31(39-49-48-26(3)53(39)43)23-35(57)51-15-17-52(18-16-51)50-34(56)13-19-61-21-22-62-20-14-45-30-6-4-5-29-37(30)42(60)54(41(29)59)32-11-12-33(55)47-40(32)58/h4-10,31-32,45H,11-23H2,1-3H3,(H,50,56)(H,47,55,58)/t31-,32?/m0/s1. The summed E-state index contributed by atoms with van der Waals surface area (Å²) in [5.74, 6) is -1.17. The highest BCUT2D eigenvalue weighted by atomic mass is 35.5. The predicted molar refractivity (Wildman–Crippen MR) is 232 cm³/mol. The van der Waals surface area contributed by atoms with Crippen LogP contribution in [0.25, 0.3) is 5.00 Å². The maximum absolute atomic E-state index is 13.8. The van der Waals surface area contributed by atoms with Crippen LogP contribution < -0.4 is 16.1 Å². The second kappa shape index (κ2) is 18.9. The van der Waals surface area contributed by atoms with Gasteiger partial charge in [0.15, 0.2) is 5.82 Å². The van der Waals surface area contributed by atoms with Gasteiger partial charge < -0.3 is 19.7 Å². The van der Waals surface area contributed by atoms with Crippen LogP contribution in [0.4, 0.5) is 5.69 Å². The number of benzene rings is 2. The van der Waals surface area contributed by atoms with Crippen LogP contribution in [0.2, 0.25) is 5.02 Å². The zero-order valence-corrected chi connectivity index (χ0v) is 36.6. The number of anilines is 1. The zero-order chi connectivity index (χ0) is 44.4. The van der Waals surface area contributed by atoms with Crippen molar-refractivity contribution in [1.82, 2.24) is 40.3 Å². The smallest absolute Gasteiger partial charge is 0.264 e. The molecule has 4 aliphatic heterocycles. The van der Waals surface area contributed by atoms with E-state index in [0.717, 1.165) is 38.1 Å². The number of fused-ring (bicyclic) bond motifs is 4. The fourth-order valence-corrected chi connectivity index (χ4v) is 9.47. The number of aromatic nitrogens is 3. The van der Waals surface area contributed by atoms with Gasteiger partial charge in [-0.05, 0) is 57.0 Å². The monoisotopic (exact) mass is 898 g/mol. The Balaban J connectivity index is 0.746. The molecule has 4 aromatic rings. The number of nitrogens with one attached hydrogen (secondary N) is 3. The molecule has 0 aliphatic carbocycles. The van der Waals surface area contributed by atoms with Crippen molar-refractivity contribution >= 4 is 69.8 Å². The molecule has 6 amide bonds. The van der Waals surface area contributed by atoms with Gasteiger partial charge in [0.25, 0.3) is 11.8 Å². The first-order valence-electron chi connectivity index (χ1n) is 20.8. The average Bonchev–Trinajstić information content (AvgIpc) is 3.84. The molecule has 6 heterocycles. The molecule has 2 saturated heterocycles. The molecule has 0 bridgehead atoms. The zero-order valence-electron chi connectivity index (χ0n) is 35.1. The lowest BCUT2D eigenvalue weighted by atomic mass is 9.99. The van der Waals surface area contributed by atoms with Gasteiger partial charge in [-0.25, -0.2) is 5.01 Å². The van der Waals surface area contributed by atoms with Crippen LogP contribution in [0.1, 0.15) is 85.7 Å². The minimum atomic E-state index is -1.04. The highest BCUT2D eigenvalue weighted by Gasteiger charge is 2.45. The molecule has 0 spiro atoms. The molecule has 2 aromatic heterocycles. The van der Waals surface area contributed by atoms with Crippen LogP contribution in [0.3, 0.4) is 0 Å². The van der Waals surface area contributed by atoms with Crippen molar-refractivity contribution in [3.8, 4) is 5.00 Å². The van der Waals surface area contributed by atoms with Crippen LogP contribution >= 0.6 is 22.9 Å². The van der Waals surface area contributed by atoms with E-state index in [1.54, 1.807) is 28.4 Å². The van der Waals surface area contributed by atoms with E-state index in [9.17, 15) is 28.8 Å². The van der Waals surface area contributed by atoms with Gasteiger partial charge in [-0.1, -0.05) is 29.8 Å².